The number of anilines is 1. The van der Waals surface area contributed by atoms with Crippen LogP contribution in [0.4, 0.5) is 10.7 Å². The minimum Gasteiger partial charge on any atom is -0.388 e. The molecule has 3 saturated heterocycles. The molecule has 3 aliphatic heterocycles. The lowest BCUT2D eigenvalue weighted by molar-refractivity contribution is -0.121. The van der Waals surface area contributed by atoms with Crippen molar-refractivity contribution >= 4 is 38.8 Å². The van der Waals surface area contributed by atoms with E-state index < -0.39 is 21.7 Å². The molecule has 0 spiro atoms. The van der Waals surface area contributed by atoms with Crippen molar-refractivity contribution in [1.82, 2.24) is 39.2 Å². The number of aliphatic hydroxyl groups is 1. The first kappa shape index (κ1) is 38.3. The Bertz CT molecular complexity index is 2220. The number of carbonyl (C=O) groups excluding carboxylic acids is 2. The highest BCUT2D eigenvalue weighted by atomic mass is 32.2. The highest BCUT2D eigenvalue weighted by molar-refractivity contribution is 7.89. The Morgan fingerprint density at radius 3 is 2.44 bits per heavy atom. The molecule has 3 aliphatic rings. The maximum absolute atomic E-state index is 13.8. The van der Waals surface area contributed by atoms with Crippen LogP contribution in [0.15, 0.2) is 53.7 Å². The average Bonchev–Trinajstić information content (AvgIpc) is 3.47. The Morgan fingerprint density at radius 1 is 1.02 bits per heavy atom. The van der Waals surface area contributed by atoms with E-state index in [1.54, 1.807) is 36.4 Å². The number of hydrogen-bond donors (Lipinski definition) is 3. The van der Waals surface area contributed by atoms with E-state index in [0.29, 0.717) is 68.6 Å². The van der Waals surface area contributed by atoms with E-state index in [1.807, 2.05) is 18.7 Å². The van der Waals surface area contributed by atoms with Gasteiger partial charge in [-0.3, -0.25) is 14.8 Å². The monoisotopic (exact) mass is 768 g/mol. The fourth-order valence-corrected chi connectivity index (χ4v) is 9.57. The zero-order valence-electron chi connectivity index (χ0n) is 31.5. The van der Waals surface area contributed by atoms with Crippen LogP contribution >= 0.6 is 0 Å². The van der Waals surface area contributed by atoms with Crippen LogP contribution < -0.4 is 10.6 Å². The van der Waals surface area contributed by atoms with Gasteiger partial charge in [0.05, 0.1) is 39.9 Å². The Morgan fingerprint density at radius 2 is 1.75 bits per heavy atom. The number of fused-ring (bicyclic) bond motifs is 1. The number of rotatable bonds is 11. The number of nitriles is 1. The summed E-state index contributed by atoms with van der Waals surface area (Å²) in [6.45, 7) is 6.98. The summed E-state index contributed by atoms with van der Waals surface area (Å²) < 4.78 is 30.8. The fraction of sp³-hybridized carbons (Fsp3) is 0.487. The third-order valence-electron chi connectivity index (χ3n) is 11.0. The number of hydrogen-bond acceptors (Lipinski definition) is 11. The number of β-amino-alcohol motifs (C(OH)–C–C–N with tert-alkyl or cyclic N) is 1. The molecule has 7 rings (SSSR count). The maximum Gasteiger partial charge on any atom is 0.324 e. The number of piperidine rings is 2. The number of benzene rings is 2. The van der Waals surface area contributed by atoms with Crippen LogP contribution in [-0.4, -0.2) is 110 Å². The topological polar surface area (TPSA) is 190 Å². The molecular formula is C39H48N10O5S. The Kier molecular flexibility index (Phi) is 10.9. The van der Waals surface area contributed by atoms with Gasteiger partial charge >= 0.3 is 6.03 Å². The smallest absolute Gasteiger partial charge is 0.324 e. The minimum atomic E-state index is -3.81. The molecule has 1 unspecified atom stereocenters. The van der Waals surface area contributed by atoms with E-state index >= 15 is 0 Å². The van der Waals surface area contributed by atoms with Gasteiger partial charge in [0.1, 0.15) is 0 Å². The van der Waals surface area contributed by atoms with E-state index in [-0.39, 0.29) is 29.7 Å². The number of aromatic nitrogens is 4. The third kappa shape index (κ3) is 8.65. The second kappa shape index (κ2) is 15.7. The van der Waals surface area contributed by atoms with Gasteiger partial charge in [-0.2, -0.15) is 14.7 Å². The van der Waals surface area contributed by atoms with E-state index in [1.165, 1.54) is 15.9 Å². The van der Waals surface area contributed by atoms with Crippen LogP contribution in [0, 0.1) is 18.3 Å². The van der Waals surface area contributed by atoms with Gasteiger partial charge in [-0.1, -0.05) is 12.1 Å². The van der Waals surface area contributed by atoms with Crippen molar-refractivity contribution in [1.29, 1.82) is 5.26 Å². The van der Waals surface area contributed by atoms with Crippen molar-refractivity contribution in [2.45, 2.75) is 81.4 Å². The van der Waals surface area contributed by atoms with Gasteiger partial charge in [-0.25, -0.2) is 23.2 Å². The summed E-state index contributed by atoms with van der Waals surface area (Å²) in [5, 5.41) is 32.9. The lowest BCUT2D eigenvalue weighted by Crippen LogP contribution is -2.48. The zero-order chi connectivity index (χ0) is 38.9. The molecule has 2 aromatic heterocycles. The van der Waals surface area contributed by atoms with Crippen molar-refractivity contribution in [2.75, 3.05) is 44.6 Å². The third-order valence-corrected chi connectivity index (χ3v) is 12.9. The highest BCUT2D eigenvalue weighted by Gasteiger charge is 2.33. The average molecular weight is 769 g/mol. The van der Waals surface area contributed by atoms with Gasteiger partial charge in [0.15, 0.2) is 0 Å². The molecule has 0 bridgehead atoms. The zero-order valence-corrected chi connectivity index (χ0v) is 32.3. The Balaban J connectivity index is 0.948. The summed E-state index contributed by atoms with van der Waals surface area (Å²) in [5.74, 6) is 0.595. The van der Waals surface area contributed by atoms with Crippen molar-refractivity contribution in [2.24, 2.45) is 7.05 Å². The lowest BCUT2D eigenvalue weighted by atomic mass is 9.87. The molecular weight excluding hydrogens is 721 g/mol. The standard InChI is InChI=1S/C39H48N10O5S/c1-26-22-41-37(42-23-26)43-31-10-16-49(17-11-31)55(53,54)32-6-4-29(21-40)30(18-32)20-39(2,52)25-47-13-8-27(9-14-47)28-5-7-33-34(45-46(3)35(33)19-28)24-48-15-12-36(50)44-38(48)51/h4-7,18-19,22-23,27,31,52H,8-17,20,24-25H2,1-3H3,(H,41,42,43)(H,44,50,51). The number of amides is 3. The van der Waals surface area contributed by atoms with Crippen LogP contribution in [0.5, 0.6) is 0 Å². The van der Waals surface area contributed by atoms with Crippen LogP contribution in [0.25, 0.3) is 10.9 Å². The van der Waals surface area contributed by atoms with E-state index in [9.17, 15) is 28.4 Å². The summed E-state index contributed by atoms with van der Waals surface area (Å²) in [4.78, 5) is 36.4. The van der Waals surface area contributed by atoms with Gasteiger partial charge in [0.2, 0.25) is 21.9 Å². The van der Waals surface area contributed by atoms with Crippen LogP contribution in [0.2, 0.25) is 0 Å². The molecule has 15 nitrogen and oxygen atoms in total. The second-order valence-electron chi connectivity index (χ2n) is 15.4. The first-order valence-corrected chi connectivity index (χ1v) is 20.3. The van der Waals surface area contributed by atoms with Gasteiger partial charge in [-0.15, -0.1) is 0 Å². The summed E-state index contributed by atoms with van der Waals surface area (Å²) in [5.41, 5.74) is 3.61. The number of nitrogens with one attached hydrogen (secondary N) is 2. The van der Waals surface area contributed by atoms with E-state index in [2.05, 4.69) is 49.8 Å². The number of nitrogens with zero attached hydrogens (tertiary/aromatic N) is 8. The predicted octanol–water partition coefficient (Wildman–Crippen LogP) is 3.42. The Labute approximate surface area is 321 Å². The Hall–Kier alpha value is -4.95. The van der Waals surface area contributed by atoms with Crippen molar-refractivity contribution in [3.8, 4) is 6.07 Å². The molecule has 3 amide bonds. The quantitative estimate of drug-likeness (QED) is 0.203. The molecule has 1 atom stereocenters. The number of aryl methyl sites for hydroxylation is 2. The summed E-state index contributed by atoms with van der Waals surface area (Å²) in [6, 6.07) is 12.8. The number of carbonyl (C=O) groups is 2. The number of imide groups is 1. The number of urea groups is 1. The second-order valence-corrected chi connectivity index (χ2v) is 17.4. The van der Waals surface area contributed by atoms with Crippen LogP contribution in [0.3, 0.4) is 0 Å². The van der Waals surface area contributed by atoms with Crippen molar-refractivity contribution in [3.05, 3.63) is 76.7 Å². The van der Waals surface area contributed by atoms with Crippen molar-refractivity contribution < 1.29 is 23.1 Å². The number of likely N-dealkylation sites (tertiary alicyclic amines) is 1. The fourth-order valence-electron chi connectivity index (χ4n) is 8.05. The van der Waals surface area contributed by atoms with Crippen molar-refractivity contribution in [3.63, 3.8) is 0 Å². The SMILES string of the molecule is Cc1cnc(NC2CCN(S(=O)(=O)c3ccc(C#N)c(CC(C)(O)CN4CCC(c5ccc6c(CN7CCC(=O)NC7=O)nn(C)c6c5)CC4)c3)CC2)nc1. The summed E-state index contributed by atoms with van der Waals surface area (Å²) >= 11 is 0. The molecule has 0 saturated carbocycles. The van der Waals surface area contributed by atoms with E-state index in [4.69, 9.17) is 5.10 Å². The van der Waals surface area contributed by atoms with E-state index in [0.717, 1.165) is 48.1 Å². The van der Waals surface area contributed by atoms with Gasteiger partial charge < -0.3 is 20.2 Å². The molecule has 0 radical (unpaired) electrons. The van der Waals surface area contributed by atoms with Crippen LogP contribution in [-0.2, 0) is 34.8 Å². The highest BCUT2D eigenvalue weighted by Crippen LogP contribution is 2.33. The molecule has 5 heterocycles. The molecule has 3 fully saturated rings. The lowest BCUT2D eigenvalue weighted by Gasteiger charge is -2.37. The molecule has 55 heavy (non-hydrogen) atoms. The van der Waals surface area contributed by atoms with Gasteiger partial charge in [0, 0.05) is 69.9 Å². The first-order chi connectivity index (χ1) is 26.3. The summed E-state index contributed by atoms with van der Waals surface area (Å²) in [6.07, 6.45) is 6.91. The number of sulfonamides is 1. The van der Waals surface area contributed by atoms with Crippen LogP contribution in [0.1, 0.15) is 72.9 Å². The summed E-state index contributed by atoms with van der Waals surface area (Å²) in [7, 11) is -1.92. The van der Waals surface area contributed by atoms with Gasteiger partial charge in [-0.05, 0) is 99.5 Å². The molecule has 290 valence electrons. The van der Waals surface area contributed by atoms with Gasteiger partial charge in [0.25, 0.3) is 0 Å². The largest absolute Gasteiger partial charge is 0.388 e. The first-order valence-electron chi connectivity index (χ1n) is 18.9. The molecule has 2 aromatic carbocycles. The molecule has 3 N–H and O–H groups in total. The molecule has 0 aliphatic carbocycles. The molecule has 16 heteroatoms. The maximum atomic E-state index is 13.8. The normalized spacial score (nSPS) is 19.3. The predicted molar refractivity (Wildman–Crippen MR) is 205 cm³/mol. The minimum absolute atomic E-state index is 0.0563. The molecule has 4 aromatic rings.